The third-order valence-electron chi connectivity index (χ3n) is 10.1. The number of carbonyl (C=O) groups excluding carboxylic acids is 3. The van der Waals surface area contributed by atoms with Gasteiger partial charge in [0, 0.05) is 21.8 Å². The third kappa shape index (κ3) is 3.81. The van der Waals surface area contributed by atoms with E-state index in [1.165, 1.54) is 0 Å². The van der Waals surface area contributed by atoms with Crippen molar-refractivity contribution in [1.29, 1.82) is 0 Å². The number of ether oxygens (including phenoxy) is 1. The number of hydrogen-bond acceptors (Lipinski definition) is 4. The van der Waals surface area contributed by atoms with E-state index >= 15 is 0 Å². The zero-order valence-electron chi connectivity index (χ0n) is 19.9. The molecule has 0 aromatic heterocycles. The quantitative estimate of drug-likeness (QED) is 0.323. The molecule has 0 heterocycles. The standard InChI is InChI=1S/C28H35IO4/c1-16(30)22-9-10-23-21-8-7-18-14-20(33-26(32)17-5-4-6-19(29)13-17)11-12-27(18,2)25(21)24(31)15-28(22,23)3/h4-6,13,18,20-23,25H,7-12,14-15H2,1-3H3/t18-,20+,21+,22-,23+,25-,27-,28+/m0/s1. The summed E-state index contributed by atoms with van der Waals surface area (Å²) in [7, 11) is 0. The highest BCUT2D eigenvalue weighted by atomic mass is 127. The molecule has 33 heavy (non-hydrogen) atoms. The van der Waals surface area contributed by atoms with Crippen molar-refractivity contribution in [1.82, 2.24) is 0 Å². The topological polar surface area (TPSA) is 60.4 Å². The molecule has 4 nitrogen and oxygen atoms in total. The fraction of sp³-hybridized carbons (Fsp3) is 0.679. The number of rotatable bonds is 3. The number of Topliss-reactive ketones (excluding diaryl/α,β-unsaturated/α-hetero) is 2. The smallest absolute Gasteiger partial charge is 0.338 e. The van der Waals surface area contributed by atoms with E-state index in [-0.39, 0.29) is 40.5 Å². The first-order valence-electron chi connectivity index (χ1n) is 12.6. The van der Waals surface area contributed by atoms with Crippen LogP contribution in [0.5, 0.6) is 0 Å². The second kappa shape index (κ2) is 8.46. The van der Waals surface area contributed by atoms with Crippen LogP contribution in [-0.2, 0) is 14.3 Å². The highest BCUT2D eigenvalue weighted by molar-refractivity contribution is 14.1. The summed E-state index contributed by atoms with van der Waals surface area (Å²) in [6.45, 7) is 6.27. The van der Waals surface area contributed by atoms with E-state index < -0.39 is 0 Å². The minimum Gasteiger partial charge on any atom is -0.459 e. The van der Waals surface area contributed by atoms with E-state index in [4.69, 9.17) is 4.74 Å². The molecule has 0 unspecified atom stereocenters. The monoisotopic (exact) mass is 562 g/mol. The van der Waals surface area contributed by atoms with Crippen LogP contribution in [0.1, 0.15) is 82.5 Å². The Morgan fingerprint density at radius 2 is 1.85 bits per heavy atom. The summed E-state index contributed by atoms with van der Waals surface area (Å²) in [6, 6.07) is 7.54. The van der Waals surface area contributed by atoms with Crippen molar-refractivity contribution in [3.63, 3.8) is 0 Å². The summed E-state index contributed by atoms with van der Waals surface area (Å²) in [4.78, 5) is 38.8. The van der Waals surface area contributed by atoms with Gasteiger partial charge in [-0.25, -0.2) is 4.79 Å². The van der Waals surface area contributed by atoms with Crippen LogP contribution in [-0.4, -0.2) is 23.6 Å². The molecule has 4 aliphatic carbocycles. The normalized spacial score (nSPS) is 42.1. The zero-order valence-corrected chi connectivity index (χ0v) is 22.1. The first kappa shape index (κ1) is 23.5. The summed E-state index contributed by atoms with van der Waals surface area (Å²) in [5.41, 5.74) is 0.454. The maximum absolute atomic E-state index is 13.7. The molecule has 0 amide bonds. The van der Waals surface area contributed by atoms with Gasteiger partial charge in [0.25, 0.3) is 0 Å². The van der Waals surface area contributed by atoms with Crippen molar-refractivity contribution >= 4 is 40.1 Å². The molecule has 0 radical (unpaired) electrons. The lowest BCUT2D eigenvalue weighted by molar-refractivity contribution is -0.162. The summed E-state index contributed by atoms with van der Waals surface area (Å²) >= 11 is 2.21. The summed E-state index contributed by atoms with van der Waals surface area (Å²) in [6.07, 6.45) is 7.33. The molecular formula is C28H35IO4. The fourth-order valence-corrected chi connectivity index (χ4v) is 9.19. The van der Waals surface area contributed by atoms with Crippen LogP contribution in [0.15, 0.2) is 24.3 Å². The average Bonchev–Trinajstić information content (AvgIpc) is 3.10. The van der Waals surface area contributed by atoms with E-state index in [9.17, 15) is 14.4 Å². The van der Waals surface area contributed by atoms with E-state index in [0.29, 0.717) is 35.5 Å². The Hall–Kier alpha value is -1.24. The van der Waals surface area contributed by atoms with Crippen LogP contribution in [0.3, 0.4) is 0 Å². The molecule has 0 aliphatic heterocycles. The minimum atomic E-state index is -0.235. The first-order valence-corrected chi connectivity index (χ1v) is 13.7. The molecular weight excluding hydrogens is 527 g/mol. The van der Waals surface area contributed by atoms with E-state index in [1.807, 2.05) is 24.3 Å². The number of carbonyl (C=O) groups is 3. The number of benzene rings is 1. The van der Waals surface area contributed by atoms with Gasteiger partial charge in [0.1, 0.15) is 17.7 Å². The van der Waals surface area contributed by atoms with Gasteiger partial charge in [0.15, 0.2) is 0 Å². The van der Waals surface area contributed by atoms with Gasteiger partial charge in [0.05, 0.1) is 5.56 Å². The van der Waals surface area contributed by atoms with Crippen molar-refractivity contribution in [2.24, 2.45) is 40.4 Å². The number of fused-ring (bicyclic) bond motifs is 5. The van der Waals surface area contributed by atoms with Crippen molar-refractivity contribution in [3.05, 3.63) is 33.4 Å². The van der Waals surface area contributed by atoms with Crippen molar-refractivity contribution in [2.45, 2.75) is 78.2 Å². The van der Waals surface area contributed by atoms with Crippen LogP contribution >= 0.6 is 22.6 Å². The Bertz CT molecular complexity index is 988. The number of esters is 1. The molecule has 0 saturated heterocycles. The maximum Gasteiger partial charge on any atom is 0.338 e. The van der Waals surface area contributed by atoms with Crippen molar-refractivity contribution in [3.8, 4) is 0 Å². The van der Waals surface area contributed by atoms with Gasteiger partial charge in [-0.1, -0.05) is 19.9 Å². The molecule has 4 fully saturated rings. The fourth-order valence-electron chi connectivity index (χ4n) is 8.64. The summed E-state index contributed by atoms with van der Waals surface area (Å²) in [5, 5.41) is 0. The zero-order chi connectivity index (χ0) is 23.5. The van der Waals surface area contributed by atoms with Gasteiger partial charge < -0.3 is 4.74 Å². The molecule has 0 N–H and O–H groups in total. The Balaban J connectivity index is 1.32. The Morgan fingerprint density at radius 1 is 1.06 bits per heavy atom. The van der Waals surface area contributed by atoms with Crippen LogP contribution < -0.4 is 0 Å². The molecule has 5 rings (SSSR count). The highest BCUT2D eigenvalue weighted by Crippen LogP contribution is 2.66. The second-order valence-corrected chi connectivity index (χ2v) is 13.0. The number of halogens is 1. The SMILES string of the molecule is CC(=O)[C@@H]1CC[C@@H]2[C@H]3CC[C@H]4C[C@H](OC(=O)c5cccc(I)c5)CC[C@]4(C)[C@@H]3C(=O)C[C@@]21C. The molecule has 4 aliphatic rings. The van der Waals surface area contributed by atoms with Gasteiger partial charge >= 0.3 is 5.97 Å². The lowest BCUT2D eigenvalue weighted by Gasteiger charge is -2.59. The van der Waals surface area contributed by atoms with Gasteiger partial charge in [-0.05, 0) is 121 Å². The largest absolute Gasteiger partial charge is 0.459 e. The molecule has 0 spiro atoms. The second-order valence-electron chi connectivity index (χ2n) is 11.7. The van der Waals surface area contributed by atoms with Gasteiger partial charge in [-0.3, -0.25) is 9.59 Å². The van der Waals surface area contributed by atoms with Crippen molar-refractivity contribution in [2.75, 3.05) is 0 Å². The predicted octanol–water partition coefficient (Wildman–Crippen LogP) is 6.24. The highest BCUT2D eigenvalue weighted by Gasteiger charge is 2.63. The molecule has 1 aromatic rings. The third-order valence-corrected chi connectivity index (χ3v) is 10.8. The summed E-state index contributed by atoms with van der Waals surface area (Å²) in [5.74, 6) is 1.90. The Kier molecular flexibility index (Phi) is 6.02. The molecule has 1 aromatic carbocycles. The van der Waals surface area contributed by atoms with Crippen LogP contribution in [0.2, 0.25) is 0 Å². The molecule has 5 heteroatoms. The number of ketones is 2. The van der Waals surface area contributed by atoms with Gasteiger partial charge in [-0.2, -0.15) is 0 Å². The van der Waals surface area contributed by atoms with E-state index in [2.05, 4.69) is 36.4 Å². The summed E-state index contributed by atoms with van der Waals surface area (Å²) < 4.78 is 6.98. The lowest BCUT2D eigenvalue weighted by atomic mass is 9.44. The minimum absolute atomic E-state index is 0.0132. The Morgan fingerprint density at radius 3 is 2.58 bits per heavy atom. The first-order chi connectivity index (χ1) is 15.6. The van der Waals surface area contributed by atoms with Gasteiger partial charge in [0.2, 0.25) is 0 Å². The van der Waals surface area contributed by atoms with Crippen molar-refractivity contribution < 1.29 is 19.1 Å². The van der Waals surface area contributed by atoms with Gasteiger partial charge in [-0.15, -0.1) is 0 Å². The van der Waals surface area contributed by atoms with E-state index in [0.717, 1.165) is 48.5 Å². The van der Waals surface area contributed by atoms with E-state index in [1.54, 1.807) is 6.92 Å². The predicted molar refractivity (Wildman–Crippen MR) is 135 cm³/mol. The van der Waals surface area contributed by atoms with Crippen LogP contribution in [0.4, 0.5) is 0 Å². The molecule has 4 saturated carbocycles. The molecule has 0 bridgehead atoms. The maximum atomic E-state index is 13.7. The molecule has 8 atom stereocenters. The lowest BCUT2D eigenvalue weighted by Crippen LogP contribution is -2.58. The van der Waals surface area contributed by atoms with Crippen LogP contribution in [0.25, 0.3) is 0 Å². The molecule has 178 valence electrons. The average molecular weight is 562 g/mol. The van der Waals surface area contributed by atoms with Crippen LogP contribution in [0, 0.1) is 44.0 Å². The number of hydrogen-bond donors (Lipinski definition) is 0. The Labute approximate surface area is 210 Å².